The molecular weight excluding hydrogens is 417 g/mol. The molecule has 0 radical (unpaired) electrons. The van der Waals surface area contributed by atoms with Gasteiger partial charge in [0.15, 0.2) is 5.96 Å². The Balaban J connectivity index is 0.00000208. The smallest absolute Gasteiger partial charge is 0.189 e. The molecule has 1 aromatic carbocycles. The van der Waals surface area contributed by atoms with Gasteiger partial charge >= 0.3 is 0 Å². The lowest BCUT2D eigenvalue weighted by Crippen LogP contribution is -2.37. The number of hydrogen-bond acceptors (Lipinski definition) is 3. The Morgan fingerprint density at radius 1 is 1.25 bits per heavy atom. The number of aliphatic imine (C=N–C) groups is 1. The van der Waals surface area contributed by atoms with Gasteiger partial charge in [-0.15, -0.1) is 24.0 Å². The van der Waals surface area contributed by atoms with E-state index in [1.807, 2.05) is 18.2 Å². The molecule has 1 aliphatic carbocycles. The molecule has 3 N–H and O–H groups in total. The molecule has 0 bridgehead atoms. The van der Waals surface area contributed by atoms with Crippen LogP contribution in [0.15, 0.2) is 29.3 Å². The van der Waals surface area contributed by atoms with Crippen LogP contribution >= 0.6 is 24.0 Å². The molecule has 5 nitrogen and oxygen atoms in total. The first kappa shape index (κ1) is 19.3. The fourth-order valence-corrected chi connectivity index (χ4v) is 3.49. The second-order valence-corrected chi connectivity index (χ2v) is 6.48. The summed E-state index contributed by atoms with van der Waals surface area (Å²) in [5.74, 6) is 2.12. The Bertz CT molecular complexity index is 545. The number of fused-ring (bicyclic) bond motifs is 1. The van der Waals surface area contributed by atoms with Gasteiger partial charge in [-0.1, -0.05) is 18.2 Å². The predicted octanol–water partition coefficient (Wildman–Crippen LogP) is 3.24. The summed E-state index contributed by atoms with van der Waals surface area (Å²) in [6.07, 6.45) is 5.97. The largest absolute Gasteiger partial charge is 0.493 e. The first-order chi connectivity index (χ1) is 11.3. The van der Waals surface area contributed by atoms with E-state index >= 15 is 0 Å². The second-order valence-electron chi connectivity index (χ2n) is 6.48. The highest BCUT2D eigenvalue weighted by molar-refractivity contribution is 14.0. The molecule has 0 spiro atoms. The first-order valence-electron chi connectivity index (χ1n) is 8.57. The molecule has 1 fully saturated rings. The van der Waals surface area contributed by atoms with E-state index in [1.54, 1.807) is 7.11 Å². The van der Waals surface area contributed by atoms with Crippen molar-refractivity contribution in [1.82, 2.24) is 5.32 Å². The van der Waals surface area contributed by atoms with Gasteiger partial charge in [0.1, 0.15) is 5.75 Å². The Morgan fingerprint density at radius 2 is 2.00 bits per heavy atom. The van der Waals surface area contributed by atoms with Crippen molar-refractivity contribution in [2.45, 2.75) is 44.2 Å². The molecule has 1 saturated carbocycles. The number of nitrogens with zero attached hydrogens (tertiary/aromatic N) is 1. The molecule has 3 rings (SSSR count). The van der Waals surface area contributed by atoms with Crippen LogP contribution in [0.1, 0.15) is 43.7 Å². The van der Waals surface area contributed by atoms with Gasteiger partial charge in [-0.25, -0.2) is 0 Å². The van der Waals surface area contributed by atoms with Crippen molar-refractivity contribution >= 4 is 29.9 Å². The van der Waals surface area contributed by atoms with Crippen LogP contribution in [0.2, 0.25) is 0 Å². The van der Waals surface area contributed by atoms with E-state index in [9.17, 15) is 0 Å². The molecule has 0 saturated heterocycles. The maximum Gasteiger partial charge on any atom is 0.189 e. The molecule has 134 valence electrons. The number of nitrogens with two attached hydrogens (primary N) is 1. The number of rotatable bonds is 4. The third kappa shape index (κ3) is 4.99. The molecule has 6 heteroatoms. The van der Waals surface area contributed by atoms with E-state index in [1.165, 1.54) is 12.8 Å². The minimum atomic E-state index is 0. The average molecular weight is 445 g/mol. The Labute approximate surface area is 161 Å². The zero-order valence-corrected chi connectivity index (χ0v) is 16.6. The van der Waals surface area contributed by atoms with E-state index in [0.29, 0.717) is 24.6 Å². The molecule has 24 heavy (non-hydrogen) atoms. The van der Waals surface area contributed by atoms with Crippen molar-refractivity contribution in [2.24, 2.45) is 16.6 Å². The van der Waals surface area contributed by atoms with Crippen molar-refractivity contribution in [3.63, 3.8) is 0 Å². The molecule has 1 aliphatic heterocycles. The monoisotopic (exact) mass is 445 g/mol. The van der Waals surface area contributed by atoms with E-state index < -0.39 is 0 Å². The van der Waals surface area contributed by atoms with Crippen molar-refractivity contribution in [3.8, 4) is 5.75 Å². The van der Waals surface area contributed by atoms with Crippen LogP contribution in [-0.2, 0) is 4.74 Å². The fraction of sp³-hybridized carbons (Fsp3) is 0.611. The third-order valence-corrected chi connectivity index (χ3v) is 4.93. The zero-order valence-electron chi connectivity index (χ0n) is 14.2. The minimum absolute atomic E-state index is 0. The number of methoxy groups -OCH3 is 1. The van der Waals surface area contributed by atoms with Gasteiger partial charge in [0.25, 0.3) is 0 Å². The van der Waals surface area contributed by atoms with Gasteiger partial charge in [-0.2, -0.15) is 0 Å². The van der Waals surface area contributed by atoms with Crippen LogP contribution in [0, 0.1) is 5.92 Å². The molecule has 2 aliphatic rings. The molecule has 0 aromatic heterocycles. The van der Waals surface area contributed by atoms with Gasteiger partial charge < -0.3 is 20.5 Å². The Morgan fingerprint density at radius 3 is 2.75 bits per heavy atom. The van der Waals surface area contributed by atoms with Gasteiger partial charge in [-0.3, -0.25) is 4.99 Å². The summed E-state index contributed by atoms with van der Waals surface area (Å²) >= 11 is 0. The normalized spacial score (nSPS) is 26.7. The van der Waals surface area contributed by atoms with E-state index in [-0.39, 0.29) is 30.0 Å². The fourth-order valence-electron chi connectivity index (χ4n) is 3.49. The van der Waals surface area contributed by atoms with Gasteiger partial charge in [0, 0.05) is 25.6 Å². The van der Waals surface area contributed by atoms with Crippen LogP contribution in [0.3, 0.4) is 0 Å². The highest BCUT2D eigenvalue weighted by Crippen LogP contribution is 2.31. The van der Waals surface area contributed by atoms with E-state index in [2.05, 4.69) is 16.4 Å². The average Bonchev–Trinajstić information content (AvgIpc) is 2.61. The lowest BCUT2D eigenvalue weighted by atomic mass is 9.87. The number of nitrogens with one attached hydrogen (secondary N) is 1. The van der Waals surface area contributed by atoms with Crippen molar-refractivity contribution < 1.29 is 9.47 Å². The van der Waals surface area contributed by atoms with E-state index in [4.69, 9.17) is 15.2 Å². The van der Waals surface area contributed by atoms with Gasteiger partial charge in [0.05, 0.1) is 18.8 Å². The number of benzene rings is 1. The summed E-state index contributed by atoms with van der Waals surface area (Å²) in [6.45, 7) is 1.52. The van der Waals surface area contributed by atoms with Crippen molar-refractivity contribution in [1.29, 1.82) is 0 Å². The lowest BCUT2D eigenvalue weighted by Gasteiger charge is -2.28. The zero-order chi connectivity index (χ0) is 16.1. The number of ether oxygens (including phenoxy) is 2. The molecule has 1 heterocycles. The summed E-state index contributed by atoms with van der Waals surface area (Å²) in [7, 11) is 1.80. The SMILES string of the molecule is COC1CCC(CN=C(N)NC2CCOc3ccccc32)CC1.I. The predicted molar refractivity (Wildman–Crippen MR) is 107 cm³/mol. The highest BCUT2D eigenvalue weighted by atomic mass is 127. The first-order valence-corrected chi connectivity index (χ1v) is 8.57. The summed E-state index contributed by atoms with van der Waals surface area (Å²) in [4.78, 5) is 4.57. The standard InChI is InChI=1S/C18H27N3O2.HI/c1-22-14-8-6-13(7-9-14)12-20-18(19)21-16-10-11-23-17-5-3-2-4-15(16)17;/h2-5,13-14,16H,6-12H2,1H3,(H3,19,20,21);1H. The van der Waals surface area contributed by atoms with Crippen LogP contribution < -0.4 is 15.8 Å². The van der Waals surface area contributed by atoms with Crippen LogP contribution in [-0.4, -0.2) is 32.3 Å². The number of halogens is 1. The van der Waals surface area contributed by atoms with Crippen molar-refractivity contribution in [2.75, 3.05) is 20.3 Å². The van der Waals surface area contributed by atoms with E-state index in [0.717, 1.165) is 37.1 Å². The molecule has 1 aromatic rings. The summed E-state index contributed by atoms with van der Waals surface area (Å²) in [5.41, 5.74) is 7.27. The summed E-state index contributed by atoms with van der Waals surface area (Å²) < 4.78 is 11.1. The maximum atomic E-state index is 6.11. The second kappa shape index (κ2) is 9.46. The molecule has 1 unspecified atom stereocenters. The minimum Gasteiger partial charge on any atom is -0.493 e. The summed E-state index contributed by atoms with van der Waals surface area (Å²) in [6, 6.07) is 8.31. The topological polar surface area (TPSA) is 68.9 Å². The lowest BCUT2D eigenvalue weighted by molar-refractivity contribution is 0.0581. The third-order valence-electron chi connectivity index (χ3n) is 4.93. The molecule has 1 atom stereocenters. The van der Waals surface area contributed by atoms with Crippen LogP contribution in [0.5, 0.6) is 5.75 Å². The van der Waals surface area contributed by atoms with Gasteiger partial charge in [-0.05, 0) is 37.7 Å². The number of hydrogen-bond donors (Lipinski definition) is 2. The maximum absolute atomic E-state index is 6.11. The van der Waals surface area contributed by atoms with Crippen LogP contribution in [0.4, 0.5) is 0 Å². The number of para-hydroxylation sites is 1. The molecular formula is C18H28IN3O2. The summed E-state index contributed by atoms with van der Waals surface area (Å²) in [5, 5.41) is 3.36. The number of guanidine groups is 1. The molecule has 0 amide bonds. The van der Waals surface area contributed by atoms with Crippen LogP contribution in [0.25, 0.3) is 0 Å². The Kier molecular flexibility index (Phi) is 7.61. The van der Waals surface area contributed by atoms with Gasteiger partial charge in [0.2, 0.25) is 0 Å². The van der Waals surface area contributed by atoms with Crippen molar-refractivity contribution in [3.05, 3.63) is 29.8 Å². The highest BCUT2D eigenvalue weighted by Gasteiger charge is 2.22. The Hall–Kier alpha value is -1.02. The quantitative estimate of drug-likeness (QED) is 0.424.